The first-order valence-corrected chi connectivity index (χ1v) is 8.35. The summed E-state index contributed by atoms with van der Waals surface area (Å²) in [5, 5.41) is 12.9. The van der Waals surface area contributed by atoms with E-state index in [0.29, 0.717) is 17.9 Å². The Labute approximate surface area is 121 Å². The van der Waals surface area contributed by atoms with Crippen LogP contribution < -0.4 is 11.1 Å². The van der Waals surface area contributed by atoms with Gasteiger partial charge in [0.15, 0.2) is 0 Å². The van der Waals surface area contributed by atoms with Crippen LogP contribution in [0, 0.1) is 11.3 Å². The number of rotatable bonds is 5. The number of thiophene rings is 1. The number of thioether (sulfide) groups is 1. The number of hydrogen-bond donors (Lipinski definition) is 2. The quantitative estimate of drug-likeness (QED) is 0.816. The van der Waals surface area contributed by atoms with Gasteiger partial charge >= 0.3 is 0 Å². The second-order valence-corrected chi connectivity index (χ2v) is 6.63. The molecular weight excluding hydrogens is 278 g/mol. The van der Waals surface area contributed by atoms with Gasteiger partial charge in [-0.05, 0) is 31.2 Å². The van der Waals surface area contributed by atoms with Gasteiger partial charge in [0.2, 0.25) is 5.91 Å². The summed E-state index contributed by atoms with van der Waals surface area (Å²) in [4.78, 5) is 13.1. The molecule has 1 heterocycles. The van der Waals surface area contributed by atoms with Crippen LogP contribution in [-0.2, 0) is 17.6 Å². The molecule has 3 N–H and O–H groups in total. The highest BCUT2D eigenvalue weighted by Gasteiger charge is 2.21. The lowest BCUT2D eigenvalue weighted by Crippen LogP contribution is -2.15. The maximum absolute atomic E-state index is 11.8. The summed E-state index contributed by atoms with van der Waals surface area (Å²) in [5.41, 5.74) is 7.22. The molecule has 0 fully saturated rings. The lowest BCUT2D eigenvalue weighted by molar-refractivity contribution is -0.113. The molecule has 1 aromatic heterocycles. The van der Waals surface area contributed by atoms with Crippen molar-refractivity contribution in [1.29, 1.82) is 5.26 Å². The van der Waals surface area contributed by atoms with Crippen LogP contribution in [0.15, 0.2) is 0 Å². The molecule has 4 nitrogen and oxygen atoms in total. The predicted molar refractivity (Wildman–Crippen MR) is 80.7 cm³/mol. The number of anilines is 1. The number of nitrogens with two attached hydrogens (primary N) is 1. The number of nitriles is 1. The van der Waals surface area contributed by atoms with Crippen molar-refractivity contribution in [2.24, 2.45) is 5.73 Å². The largest absolute Gasteiger partial charge is 0.330 e. The fourth-order valence-electron chi connectivity index (χ4n) is 2.18. The zero-order valence-electron chi connectivity index (χ0n) is 10.7. The van der Waals surface area contributed by atoms with E-state index in [9.17, 15) is 10.1 Å². The molecule has 0 atom stereocenters. The van der Waals surface area contributed by atoms with Gasteiger partial charge in [-0.2, -0.15) is 17.0 Å². The normalized spacial score (nSPS) is 13.7. The van der Waals surface area contributed by atoms with Crippen LogP contribution in [0.2, 0.25) is 0 Å². The maximum atomic E-state index is 11.8. The Balaban J connectivity index is 2.06. The molecule has 1 amide bonds. The number of carbonyl (C=O) groups is 1. The van der Waals surface area contributed by atoms with Gasteiger partial charge in [-0.25, -0.2) is 0 Å². The SMILES string of the molecule is N#Cc1c(NC(=O)CSCCN)sc2c1CCCC2. The van der Waals surface area contributed by atoms with E-state index >= 15 is 0 Å². The lowest BCUT2D eigenvalue weighted by Gasteiger charge is -2.09. The molecule has 2 rings (SSSR count). The summed E-state index contributed by atoms with van der Waals surface area (Å²) in [7, 11) is 0. The fourth-order valence-corrected chi connectivity index (χ4v) is 4.01. The average Bonchev–Trinajstić information content (AvgIpc) is 2.76. The van der Waals surface area contributed by atoms with Gasteiger partial charge in [-0.15, -0.1) is 11.3 Å². The van der Waals surface area contributed by atoms with Gasteiger partial charge in [-0.3, -0.25) is 4.79 Å². The molecule has 0 aromatic carbocycles. The minimum absolute atomic E-state index is 0.0476. The third-order valence-electron chi connectivity index (χ3n) is 3.03. The summed E-state index contributed by atoms with van der Waals surface area (Å²) >= 11 is 3.08. The molecule has 102 valence electrons. The summed E-state index contributed by atoms with van der Waals surface area (Å²) in [6, 6.07) is 2.25. The van der Waals surface area contributed by atoms with Gasteiger partial charge < -0.3 is 11.1 Å². The number of hydrogen-bond acceptors (Lipinski definition) is 5. The van der Waals surface area contributed by atoms with Gasteiger partial charge in [0, 0.05) is 17.2 Å². The summed E-state index contributed by atoms with van der Waals surface area (Å²) in [6.07, 6.45) is 4.31. The van der Waals surface area contributed by atoms with Gasteiger partial charge in [0.25, 0.3) is 0 Å². The van der Waals surface area contributed by atoms with Crippen LogP contribution in [0.3, 0.4) is 0 Å². The lowest BCUT2D eigenvalue weighted by atomic mass is 9.96. The Morgan fingerprint density at radius 2 is 2.26 bits per heavy atom. The molecule has 1 aromatic rings. The van der Waals surface area contributed by atoms with Crippen LogP contribution in [0.4, 0.5) is 5.00 Å². The number of carbonyl (C=O) groups excluding carboxylic acids is 1. The van der Waals surface area contributed by atoms with Crippen molar-refractivity contribution in [3.05, 3.63) is 16.0 Å². The molecule has 1 aliphatic carbocycles. The van der Waals surface area contributed by atoms with Gasteiger partial charge in [0.1, 0.15) is 11.1 Å². The topological polar surface area (TPSA) is 78.9 Å². The minimum Gasteiger partial charge on any atom is -0.330 e. The molecule has 0 spiro atoms. The van der Waals surface area contributed by atoms with E-state index in [1.54, 1.807) is 11.3 Å². The first kappa shape index (κ1) is 14.4. The van der Waals surface area contributed by atoms with E-state index in [1.165, 1.54) is 23.1 Å². The highest BCUT2D eigenvalue weighted by Crippen LogP contribution is 2.37. The van der Waals surface area contributed by atoms with Crippen molar-refractivity contribution < 1.29 is 4.79 Å². The molecule has 0 saturated carbocycles. The molecule has 0 saturated heterocycles. The van der Waals surface area contributed by atoms with E-state index < -0.39 is 0 Å². The number of fused-ring (bicyclic) bond motifs is 1. The summed E-state index contributed by atoms with van der Waals surface area (Å²) in [6.45, 7) is 0.578. The van der Waals surface area contributed by atoms with Crippen LogP contribution in [-0.4, -0.2) is 24.0 Å². The van der Waals surface area contributed by atoms with Crippen molar-refractivity contribution in [2.75, 3.05) is 23.4 Å². The third kappa shape index (κ3) is 3.50. The van der Waals surface area contributed by atoms with E-state index in [1.807, 2.05) is 0 Å². The Kier molecular flexibility index (Phi) is 5.25. The monoisotopic (exact) mass is 295 g/mol. The van der Waals surface area contributed by atoms with Crippen LogP contribution in [0.1, 0.15) is 28.8 Å². The Morgan fingerprint density at radius 1 is 1.47 bits per heavy atom. The zero-order chi connectivity index (χ0) is 13.7. The predicted octanol–water partition coefficient (Wildman–Crippen LogP) is 2.13. The number of nitrogens with one attached hydrogen (secondary N) is 1. The van der Waals surface area contributed by atoms with Crippen LogP contribution >= 0.6 is 23.1 Å². The van der Waals surface area contributed by atoms with E-state index in [4.69, 9.17) is 5.73 Å². The van der Waals surface area contributed by atoms with E-state index in [0.717, 1.165) is 35.6 Å². The Morgan fingerprint density at radius 3 is 3.00 bits per heavy atom. The van der Waals surface area contributed by atoms with Gasteiger partial charge in [0.05, 0.1) is 11.3 Å². The Hall–Kier alpha value is -1.03. The second kappa shape index (κ2) is 6.94. The highest BCUT2D eigenvalue weighted by atomic mass is 32.2. The van der Waals surface area contributed by atoms with E-state index in [2.05, 4.69) is 11.4 Å². The minimum atomic E-state index is -0.0476. The molecule has 0 radical (unpaired) electrons. The average molecular weight is 295 g/mol. The fraction of sp³-hybridized carbons (Fsp3) is 0.538. The molecular formula is C13H17N3OS2. The van der Waals surface area contributed by atoms with E-state index in [-0.39, 0.29) is 5.91 Å². The van der Waals surface area contributed by atoms with Crippen molar-refractivity contribution in [1.82, 2.24) is 0 Å². The van der Waals surface area contributed by atoms with Crippen molar-refractivity contribution in [3.8, 4) is 6.07 Å². The molecule has 6 heteroatoms. The van der Waals surface area contributed by atoms with Crippen molar-refractivity contribution in [3.63, 3.8) is 0 Å². The number of amides is 1. The molecule has 0 aliphatic heterocycles. The zero-order valence-corrected chi connectivity index (χ0v) is 12.3. The van der Waals surface area contributed by atoms with Crippen LogP contribution in [0.25, 0.3) is 0 Å². The summed E-state index contributed by atoms with van der Waals surface area (Å²) in [5.74, 6) is 1.12. The molecule has 0 unspecified atom stereocenters. The van der Waals surface area contributed by atoms with Crippen molar-refractivity contribution >= 4 is 34.0 Å². The summed E-state index contributed by atoms with van der Waals surface area (Å²) < 4.78 is 0. The van der Waals surface area contributed by atoms with Crippen LogP contribution in [0.5, 0.6) is 0 Å². The molecule has 0 bridgehead atoms. The number of nitrogens with zero attached hydrogens (tertiary/aromatic N) is 1. The molecule has 19 heavy (non-hydrogen) atoms. The first-order valence-electron chi connectivity index (χ1n) is 6.38. The first-order chi connectivity index (χ1) is 9.26. The van der Waals surface area contributed by atoms with Gasteiger partial charge in [-0.1, -0.05) is 0 Å². The smallest absolute Gasteiger partial charge is 0.235 e. The Bertz CT molecular complexity index is 505. The second-order valence-electron chi connectivity index (χ2n) is 4.42. The standard InChI is InChI=1S/C13H17N3OS2/c14-5-6-18-8-12(17)16-13-10(7-15)9-3-1-2-4-11(9)19-13/h1-6,8,14H2,(H,16,17). The maximum Gasteiger partial charge on any atom is 0.235 e. The van der Waals surface area contributed by atoms with Crippen molar-refractivity contribution in [2.45, 2.75) is 25.7 Å². The molecule has 1 aliphatic rings. The highest BCUT2D eigenvalue weighted by molar-refractivity contribution is 7.99. The third-order valence-corrected chi connectivity index (χ3v) is 5.23. The number of aryl methyl sites for hydroxylation is 1.